The van der Waals surface area contributed by atoms with Crippen molar-refractivity contribution in [1.82, 2.24) is 0 Å². The molecule has 0 saturated carbocycles. The molecule has 0 aliphatic carbocycles. The lowest BCUT2D eigenvalue weighted by atomic mass is 9.86. The van der Waals surface area contributed by atoms with E-state index in [1.165, 1.54) is 44.5 Å². The predicted octanol–water partition coefficient (Wildman–Crippen LogP) is 15.4. The molecule has 264 valence electrons. The molecule has 0 bridgehead atoms. The topological polar surface area (TPSA) is 16.4 Å². The summed E-state index contributed by atoms with van der Waals surface area (Å²) in [5, 5.41) is 2.19. The van der Waals surface area contributed by atoms with E-state index in [-0.39, 0.29) is 0 Å². The minimum atomic E-state index is 0.874. The van der Waals surface area contributed by atoms with Crippen molar-refractivity contribution in [3.63, 3.8) is 0 Å². The lowest BCUT2D eigenvalue weighted by molar-refractivity contribution is 0.669. The molecular formula is C54H37NO. The van der Waals surface area contributed by atoms with E-state index in [4.69, 9.17) is 4.42 Å². The summed E-state index contributed by atoms with van der Waals surface area (Å²) < 4.78 is 6.30. The Hall–Kier alpha value is -7.42. The quantitative estimate of drug-likeness (QED) is 0.156. The fraction of sp³-hybridized carbons (Fsp3) is 0. The average molecular weight is 716 g/mol. The molecule has 10 rings (SSSR count). The van der Waals surface area contributed by atoms with Gasteiger partial charge in [0.2, 0.25) is 0 Å². The monoisotopic (exact) mass is 715 g/mol. The Kier molecular flexibility index (Phi) is 8.55. The largest absolute Gasteiger partial charge is 0.456 e. The van der Waals surface area contributed by atoms with Crippen molar-refractivity contribution in [1.29, 1.82) is 0 Å². The van der Waals surface area contributed by atoms with Crippen molar-refractivity contribution in [2.45, 2.75) is 0 Å². The van der Waals surface area contributed by atoms with Crippen LogP contribution in [0.5, 0.6) is 0 Å². The van der Waals surface area contributed by atoms with Gasteiger partial charge in [0.15, 0.2) is 0 Å². The number of hydrogen-bond donors (Lipinski definition) is 0. The first kappa shape index (κ1) is 33.2. The molecule has 1 heterocycles. The molecule has 0 atom stereocenters. The summed E-state index contributed by atoms with van der Waals surface area (Å²) in [4.78, 5) is 2.39. The van der Waals surface area contributed by atoms with E-state index in [0.717, 1.165) is 50.1 Å². The molecule has 0 saturated heterocycles. The lowest BCUT2D eigenvalue weighted by Gasteiger charge is -2.29. The van der Waals surface area contributed by atoms with E-state index in [1.54, 1.807) is 0 Å². The van der Waals surface area contributed by atoms with E-state index in [1.807, 2.05) is 12.1 Å². The standard InChI is InChI=1S/C54H37NO/c1-4-16-38(17-5-1)40-28-31-43(32-29-40)55(44-33-35-54-51(37-44)49-25-13-15-27-53(49)56-54)52-26-14-12-24-48(52)47-34-30-42(39-18-6-2-7-19-39)36-50(47)46-23-11-10-22-45(46)41-20-8-3-9-21-41/h1-37H. The normalized spacial score (nSPS) is 11.2. The highest BCUT2D eigenvalue weighted by Crippen LogP contribution is 2.47. The highest BCUT2D eigenvalue weighted by molar-refractivity contribution is 6.07. The van der Waals surface area contributed by atoms with E-state index in [0.29, 0.717) is 0 Å². The number of benzene rings is 9. The Labute approximate surface area is 327 Å². The number of nitrogens with zero attached hydrogens (tertiary/aromatic N) is 1. The maximum Gasteiger partial charge on any atom is 0.135 e. The third-order valence-electron chi connectivity index (χ3n) is 10.7. The first-order chi connectivity index (χ1) is 27.8. The number of fused-ring (bicyclic) bond motifs is 3. The van der Waals surface area contributed by atoms with Gasteiger partial charge < -0.3 is 9.32 Å². The highest BCUT2D eigenvalue weighted by Gasteiger charge is 2.22. The van der Waals surface area contributed by atoms with Crippen LogP contribution in [0, 0.1) is 0 Å². The second-order valence-electron chi connectivity index (χ2n) is 14.1. The summed E-state index contributed by atoms with van der Waals surface area (Å²) in [6.45, 7) is 0. The van der Waals surface area contributed by atoms with Crippen LogP contribution in [0.25, 0.3) is 77.6 Å². The zero-order valence-corrected chi connectivity index (χ0v) is 30.7. The van der Waals surface area contributed by atoms with Gasteiger partial charge in [-0.15, -0.1) is 0 Å². The van der Waals surface area contributed by atoms with E-state index < -0.39 is 0 Å². The minimum Gasteiger partial charge on any atom is -0.456 e. The molecule has 0 fully saturated rings. The maximum absolute atomic E-state index is 6.30. The summed E-state index contributed by atoms with van der Waals surface area (Å²) in [6, 6.07) is 80.2. The van der Waals surface area contributed by atoms with Crippen LogP contribution in [0.1, 0.15) is 0 Å². The van der Waals surface area contributed by atoms with Crippen molar-refractivity contribution >= 4 is 39.0 Å². The molecule has 0 N–H and O–H groups in total. The zero-order valence-electron chi connectivity index (χ0n) is 30.7. The summed E-state index contributed by atoms with van der Waals surface area (Å²) in [5.41, 5.74) is 16.7. The van der Waals surface area contributed by atoms with Crippen molar-refractivity contribution in [3.05, 3.63) is 224 Å². The van der Waals surface area contributed by atoms with Gasteiger partial charge in [0.1, 0.15) is 11.2 Å². The Morgan fingerprint density at radius 2 is 0.768 bits per heavy atom. The molecule has 0 unspecified atom stereocenters. The third kappa shape index (κ3) is 6.14. The smallest absolute Gasteiger partial charge is 0.135 e. The van der Waals surface area contributed by atoms with Crippen molar-refractivity contribution in [2.75, 3.05) is 4.90 Å². The second-order valence-corrected chi connectivity index (χ2v) is 14.1. The van der Waals surface area contributed by atoms with Gasteiger partial charge in [0, 0.05) is 27.7 Å². The molecule has 10 aromatic rings. The van der Waals surface area contributed by atoms with Crippen LogP contribution in [0.2, 0.25) is 0 Å². The van der Waals surface area contributed by atoms with Crippen molar-refractivity contribution < 1.29 is 4.42 Å². The fourth-order valence-corrected chi connectivity index (χ4v) is 8.01. The van der Waals surface area contributed by atoms with Crippen LogP contribution < -0.4 is 4.90 Å². The Bertz CT molecular complexity index is 2950. The fourth-order valence-electron chi connectivity index (χ4n) is 8.01. The van der Waals surface area contributed by atoms with Gasteiger partial charge in [-0.25, -0.2) is 0 Å². The molecular weight excluding hydrogens is 679 g/mol. The SMILES string of the molecule is c1ccc(-c2ccc(N(c3ccc4oc5ccccc5c4c3)c3ccccc3-c3ccc(-c4ccccc4)cc3-c3ccccc3-c3ccccc3)cc2)cc1. The highest BCUT2D eigenvalue weighted by atomic mass is 16.3. The van der Waals surface area contributed by atoms with Crippen LogP contribution >= 0.6 is 0 Å². The molecule has 0 radical (unpaired) electrons. The number of furan rings is 1. The summed E-state index contributed by atoms with van der Waals surface area (Å²) >= 11 is 0. The molecule has 56 heavy (non-hydrogen) atoms. The van der Waals surface area contributed by atoms with Gasteiger partial charge in [-0.05, 0) is 98.6 Å². The van der Waals surface area contributed by atoms with Crippen LogP contribution in [0.3, 0.4) is 0 Å². The Morgan fingerprint density at radius 3 is 1.50 bits per heavy atom. The molecule has 1 aromatic heterocycles. The molecule has 0 spiro atoms. The Morgan fingerprint density at radius 1 is 0.268 bits per heavy atom. The summed E-state index contributed by atoms with van der Waals surface area (Å²) in [5.74, 6) is 0. The number of hydrogen-bond acceptors (Lipinski definition) is 2. The van der Waals surface area contributed by atoms with Gasteiger partial charge in [-0.1, -0.05) is 176 Å². The van der Waals surface area contributed by atoms with Crippen molar-refractivity contribution in [3.8, 4) is 55.6 Å². The lowest BCUT2D eigenvalue weighted by Crippen LogP contribution is -2.11. The first-order valence-corrected chi connectivity index (χ1v) is 19.1. The second kappa shape index (κ2) is 14.4. The maximum atomic E-state index is 6.30. The van der Waals surface area contributed by atoms with Crippen LogP contribution in [0.15, 0.2) is 229 Å². The molecule has 0 aliphatic rings. The van der Waals surface area contributed by atoms with Crippen LogP contribution in [0.4, 0.5) is 17.1 Å². The Balaban J connectivity index is 1.21. The molecule has 0 aliphatic heterocycles. The van der Waals surface area contributed by atoms with Gasteiger partial charge in [-0.2, -0.15) is 0 Å². The van der Waals surface area contributed by atoms with E-state index in [9.17, 15) is 0 Å². The zero-order chi connectivity index (χ0) is 37.3. The van der Waals surface area contributed by atoms with Gasteiger partial charge in [-0.3, -0.25) is 0 Å². The van der Waals surface area contributed by atoms with Gasteiger partial charge in [0.25, 0.3) is 0 Å². The number of rotatable bonds is 8. The first-order valence-electron chi connectivity index (χ1n) is 19.1. The number of anilines is 3. The molecule has 2 heteroatoms. The van der Waals surface area contributed by atoms with Crippen molar-refractivity contribution in [2.24, 2.45) is 0 Å². The van der Waals surface area contributed by atoms with Gasteiger partial charge >= 0.3 is 0 Å². The third-order valence-corrected chi connectivity index (χ3v) is 10.7. The minimum absolute atomic E-state index is 0.874. The van der Waals surface area contributed by atoms with Crippen LogP contribution in [-0.4, -0.2) is 0 Å². The molecule has 2 nitrogen and oxygen atoms in total. The average Bonchev–Trinajstić information content (AvgIpc) is 3.66. The summed E-state index contributed by atoms with van der Waals surface area (Å²) in [6.07, 6.45) is 0. The molecule has 9 aromatic carbocycles. The van der Waals surface area contributed by atoms with E-state index in [2.05, 4.69) is 217 Å². The predicted molar refractivity (Wildman–Crippen MR) is 236 cm³/mol. The number of para-hydroxylation sites is 2. The summed E-state index contributed by atoms with van der Waals surface area (Å²) in [7, 11) is 0. The molecule has 0 amide bonds. The van der Waals surface area contributed by atoms with Crippen LogP contribution in [-0.2, 0) is 0 Å². The van der Waals surface area contributed by atoms with Gasteiger partial charge in [0.05, 0.1) is 5.69 Å². The van der Waals surface area contributed by atoms with E-state index >= 15 is 0 Å².